The Labute approximate surface area is 223 Å². The molecule has 12 heteroatoms. The summed E-state index contributed by atoms with van der Waals surface area (Å²) < 4.78 is 37.3. The summed E-state index contributed by atoms with van der Waals surface area (Å²) in [5.41, 5.74) is 1.33. The maximum absolute atomic E-state index is 12.9. The van der Waals surface area contributed by atoms with E-state index in [2.05, 4.69) is 15.6 Å². The predicted octanol–water partition coefficient (Wildman–Crippen LogP) is 2.69. The molecule has 0 radical (unpaired) electrons. The summed E-state index contributed by atoms with van der Waals surface area (Å²) in [5.74, 6) is -1.40. The number of carbonyl (C=O) groups is 3. The van der Waals surface area contributed by atoms with Crippen LogP contribution in [0.5, 0.6) is 0 Å². The van der Waals surface area contributed by atoms with Gasteiger partial charge in [-0.1, -0.05) is 29.8 Å². The predicted molar refractivity (Wildman–Crippen MR) is 137 cm³/mol. The molecule has 2 heterocycles. The molecule has 2 N–H and O–H groups in total. The lowest BCUT2D eigenvalue weighted by molar-refractivity contribution is -0.141. The molecule has 0 saturated carbocycles. The third-order valence-electron chi connectivity index (χ3n) is 5.92. The largest absolute Gasteiger partial charge is 0.390 e. The summed E-state index contributed by atoms with van der Waals surface area (Å²) in [6.45, 7) is 0.800. The van der Waals surface area contributed by atoms with Crippen molar-refractivity contribution >= 4 is 35.4 Å². The third-order valence-corrected chi connectivity index (χ3v) is 6.17. The van der Waals surface area contributed by atoms with Crippen molar-refractivity contribution in [2.45, 2.75) is 25.1 Å². The van der Waals surface area contributed by atoms with Crippen LogP contribution in [0.4, 0.5) is 13.2 Å². The molecular weight excluding hydrogens is 523 g/mol. The maximum Gasteiger partial charge on any atom is 0.390 e. The van der Waals surface area contributed by atoms with Gasteiger partial charge in [-0.2, -0.15) is 13.2 Å². The van der Waals surface area contributed by atoms with Crippen LogP contribution in [0.25, 0.3) is 6.08 Å². The molecule has 0 aliphatic carbocycles. The van der Waals surface area contributed by atoms with Gasteiger partial charge < -0.3 is 15.5 Å². The normalized spacial score (nSPS) is 15.3. The van der Waals surface area contributed by atoms with Crippen molar-refractivity contribution in [3.05, 3.63) is 71.0 Å². The van der Waals surface area contributed by atoms with Gasteiger partial charge in [0.15, 0.2) is 0 Å². The summed E-state index contributed by atoms with van der Waals surface area (Å²) >= 11 is 5.87. The number of pyridine rings is 1. The molecule has 1 atom stereocenters. The second kappa shape index (κ2) is 13.9. The molecule has 1 aromatic carbocycles. The Morgan fingerprint density at radius 2 is 1.76 bits per heavy atom. The minimum absolute atomic E-state index is 0.108. The average Bonchev–Trinajstić information content (AvgIpc) is 2.90. The highest BCUT2D eigenvalue weighted by Crippen LogP contribution is 2.20. The number of rotatable bonds is 10. The minimum atomic E-state index is -4.22. The number of nitrogens with zero attached hydrogens (tertiary/aromatic N) is 3. The highest BCUT2D eigenvalue weighted by molar-refractivity contribution is 6.30. The summed E-state index contributed by atoms with van der Waals surface area (Å²) in [5, 5.41) is 5.79. The Bertz CT molecular complexity index is 1110. The molecule has 1 aromatic heterocycles. The smallest absolute Gasteiger partial charge is 0.345 e. The molecular formula is C26H29ClF3N5O3. The monoisotopic (exact) mass is 551 g/mol. The molecule has 1 aliphatic heterocycles. The third kappa shape index (κ3) is 10.1. The van der Waals surface area contributed by atoms with Crippen molar-refractivity contribution in [2.75, 3.05) is 39.3 Å². The van der Waals surface area contributed by atoms with Crippen LogP contribution in [0.15, 0.2) is 54.7 Å². The Kier molecular flexibility index (Phi) is 10.7. The average molecular weight is 552 g/mol. The number of hydrogen-bond acceptors (Lipinski definition) is 5. The molecule has 8 nitrogen and oxygen atoms in total. The van der Waals surface area contributed by atoms with Crippen LogP contribution >= 0.6 is 11.6 Å². The molecule has 3 rings (SSSR count). The number of hydrogen-bond donors (Lipinski definition) is 2. The molecule has 38 heavy (non-hydrogen) atoms. The van der Waals surface area contributed by atoms with Crippen LogP contribution in [0, 0.1) is 0 Å². The Morgan fingerprint density at radius 3 is 2.39 bits per heavy atom. The maximum atomic E-state index is 12.9. The van der Waals surface area contributed by atoms with E-state index in [1.807, 2.05) is 0 Å². The molecule has 204 valence electrons. The highest BCUT2D eigenvalue weighted by Gasteiger charge is 2.29. The van der Waals surface area contributed by atoms with E-state index in [-0.39, 0.29) is 38.5 Å². The van der Waals surface area contributed by atoms with Gasteiger partial charge >= 0.3 is 6.18 Å². The second-order valence-corrected chi connectivity index (χ2v) is 9.21. The molecule has 0 unspecified atom stereocenters. The zero-order valence-corrected chi connectivity index (χ0v) is 21.3. The molecule has 1 saturated heterocycles. The van der Waals surface area contributed by atoms with Crippen molar-refractivity contribution in [1.82, 2.24) is 25.4 Å². The van der Waals surface area contributed by atoms with E-state index in [1.54, 1.807) is 59.6 Å². The van der Waals surface area contributed by atoms with Gasteiger partial charge in [-0.3, -0.25) is 24.3 Å². The number of carbonyl (C=O) groups excluding carboxylic acids is 3. The summed E-state index contributed by atoms with van der Waals surface area (Å²) in [6, 6.07) is 11.1. The summed E-state index contributed by atoms with van der Waals surface area (Å²) in [7, 11) is 0. The molecule has 1 fully saturated rings. The molecule has 2 aromatic rings. The van der Waals surface area contributed by atoms with Crippen LogP contribution in [-0.2, 0) is 20.8 Å². The van der Waals surface area contributed by atoms with E-state index < -0.39 is 30.5 Å². The van der Waals surface area contributed by atoms with Crippen LogP contribution in [-0.4, -0.2) is 84.0 Å². The molecule has 0 bridgehead atoms. The number of halogens is 4. The quantitative estimate of drug-likeness (QED) is 0.443. The lowest BCUT2D eigenvalue weighted by Crippen LogP contribution is -2.53. The van der Waals surface area contributed by atoms with E-state index >= 15 is 0 Å². The number of alkyl halides is 3. The van der Waals surface area contributed by atoms with E-state index in [9.17, 15) is 27.6 Å². The first-order valence-corrected chi connectivity index (χ1v) is 12.5. The van der Waals surface area contributed by atoms with Crippen LogP contribution < -0.4 is 10.6 Å². The van der Waals surface area contributed by atoms with Gasteiger partial charge in [0, 0.05) is 62.1 Å². The molecule has 0 spiro atoms. The van der Waals surface area contributed by atoms with Crippen molar-refractivity contribution in [3.63, 3.8) is 0 Å². The van der Waals surface area contributed by atoms with E-state index in [4.69, 9.17) is 11.6 Å². The van der Waals surface area contributed by atoms with Gasteiger partial charge in [-0.25, -0.2) is 0 Å². The van der Waals surface area contributed by atoms with Gasteiger partial charge in [0.2, 0.25) is 17.7 Å². The van der Waals surface area contributed by atoms with Crippen LogP contribution in [0.2, 0.25) is 5.02 Å². The van der Waals surface area contributed by atoms with Gasteiger partial charge in [0.25, 0.3) is 0 Å². The van der Waals surface area contributed by atoms with Crippen molar-refractivity contribution < 1.29 is 27.6 Å². The standard InChI is InChI=1S/C26H29ClF3N5O3/c27-20-7-4-19(5-8-20)6-9-23(36)33-22(17-21-3-1-2-11-31-21)25(38)32-18-24(37)35-15-13-34(14-16-35)12-10-26(28,29)30/h1-9,11,22H,10,12-18H2,(H,32,38)(H,33,36)/b9-6+/t22-/m0/s1. The minimum Gasteiger partial charge on any atom is -0.345 e. The van der Waals surface area contributed by atoms with Crippen LogP contribution in [0.3, 0.4) is 0 Å². The van der Waals surface area contributed by atoms with Gasteiger partial charge in [-0.15, -0.1) is 0 Å². The fourth-order valence-corrected chi connectivity index (χ4v) is 3.93. The summed E-state index contributed by atoms with van der Waals surface area (Å²) in [4.78, 5) is 45.5. The van der Waals surface area contributed by atoms with E-state index in [0.717, 1.165) is 5.56 Å². The Balaban J connectivity index is 1.53. The van der Waals surface area contributed by atoms with Crippen molar-refractivity contribution in [2.24, 2.45) is 0 Å². The van der Waals surface area contributed by atoms with Crippen molar-refractivity contribution in [3.8, 4) is 0 Å². The lowest BCUT2D eigenvalue weighted by Gasteiger charge is -2.35. The Morgan fingerprint density at radius 1 is 1.05 bits per heavy atom. The Hall–Kier alpha value is -3.44. The van der Waals surface area contributed by atoms with E-state index in [0.29, 0.717) is 23.8 Å². The second-order valence-electron chi connectivity index (χ2n) is 8.78. The zero-order valence-electron chi connectivity index (χ0n) is 20.6. The SMILES string of the molecule is O=C(/C=C/c1ccc(Cl)cc1)N[C@@H](Cc1ccccn1)C(=O)NCC(=O)N1CCN(CCC(F)(F)F)CC1. The fourth-order valence-electron chi connectivity index (χ4n) is 3.81. The van der Waals surface area contributed by atoms with Gasteiger partial charge in [0.1, 0.15) is 6.04 Å². The number of benzene rings is 1. The molecule has 3 amide bonds. The van der Waals surface area contributed by atoms with E-state index in [1.165, 1.54) is 11.0 Å². The topological polar surface area (TPSA) is 94.6 Å². The first kappa shape index (κ1) is 29.1. The molecule has 1 aliphatic rings. The first-order valence-electron chi connectivity index (χ1n) is 12.1. The number of amides is 3. The fraction of sp³-hybridized carbons (Fsp3) is 0.385. The number of aromatic nitrogens is 1. The summed E-state index contributed by atoms with van der Waals surface area (Å²) in [6.07, 6.45) is -0.548. The number of nitrogens with one attached hydrogen (secondary N) is 2. The zero-order chi connectivity index (χ0) is 27.5. The number of piperazine rings is 1. The highest BCUT2D eigenvalue weighted by atomic mass is 35.5. The first-order chi connectivity index (χ1) is 18.1. The van der Waals surface area contributed by atoms with Gasteiger partial charge in [-0.05, 0) is 35.9 Å². The van der Waals surface area contributed by atoms with Crippen molar-refractivity contribution in [1.29, 1.82) is 0 Å². The van der Waals surface area contributed by atoms with Crippen LogP contribution in [0.1, 0.15) is 17.7 Å². The lowest BCUT2D eigenvalue weighted by atomic mass is 10.1. The van der Waals surface area contributed by atoms with Gasteiger partial charge in [0.05, 0.1) is 13.0 Å².